The molecule has 114 valence electrons. The molecule has 0 spiro atoms. The summed E-state index contributed by atoms with van der Waals surface area (Å²) in [5.74, 6) is 1.03. The lowest BCUT2D eigenvalue weighted by Gasteiger charge is -2.17. The smallest absolute Gasteiger partial charge is 0.223 e. The van der Waals surface area contributed by atoms with E-state index < -0.39 is 0 Å². The maximum Gasteiger partial charge on any atom is 0.223 e. The van der Waals surface area contributed by atoms with Gasteiger partial charge in [0.1, 0.15) is 11.9 Å². The van der Waals surface area contributed by atoms with Gasteiger partial charge in [0, 0.05) is 31.8 Å². The van der Waals surface area contributed by atoms with E-state index in [2.05, 4.69) is 17.1 Å². The van der Waals surface area contributed by atoms with Gasteiger partial charge in [0.15, 0.2) is 0 Å². The van der Waals surface area contributed by atoms with Gasteiger partial charge in [-0.05, 0) is 24.1 Å². The van der Waals surface area contributed by atoms with Crippen molar-refractivity contribution >= 4 is 5.91 Å². The predicted octanol–water partition coefficient (Wildman–Crippen LogP) is 2.69. The molecule has 1 atom stereocenters. The van der Waals surface area contributed by atoms with Crippen LogP contribution in [0.4, 0.5) is 0 Å². The highest BCUT2D eigenvalue weighted by molar-refractivity contribution is 5.76. The monoisotopic (exact) mass is 296 g/mol. The van der Waals surface area contributed by atoms with Gasteiger partial charge in [0.25, 0.3) is 0 Å². The number of nitrogens with zero attached hydrogens (tertiary/aromatic N) is 2. The lowest BCUT2D eigenvalue weighted by Crippen LogP contribution is -2.31. The molecule has 1 saturated heterocycles. The Morgan fingerprint density at radius 2 is 1.95 bits per heavy atom. The van der Waals surface area contributed by atoms with E-state index in [4.69, 9.17) is 4.74 Å². The topological polar surface area (TPSA) is 42.4 Å². The van der Waals surface area contributed by atoms with Crippen LogP contribution in [0.25, 0.3) is 0 Å². The molecule has 0 unspecified atom stereocenters. The fourth-order valence-electron chi connectivity index (χ4n) is 2.71. The number of ether oxygens (including phenoxy) is 1. The van der Waals surface area contributed by atoms with E-state index in [9.17, 15) is 4.79 Å². The van der Waals surface area contributed by atoms with E-state index >= 15 is 0 Å². The van der Waals surface area contributed by atoms with E-state index in [0.29, 0.717) is 13.0 Å². The van der Waals surface area contributed by atoms with E-state index in [1.807, 2.05) is 35.2 Å². The number of likely N-dealkylation sites (tertiary alicyclic amines) is 1. The Morgan fingerprint density at radius 1 is 1.18 bits per heavy atom. The number of benzene rings is 1. The van der Waals surface area contributed by atoms with Gasteiger partial charge in [-0.15, -0.1) is 0 Å². The predicted molar refractivity (Wildman–Crippen MR) is 84.6 cm³/mol. The van der Waals surface area contributed by atoms with Crippen LogP contribution < -0.4 is 4.74 Å². The molecule has 1 amide bonds. The quantitative estimate of drug-likeness (QED) is 0.852. The van der Waals surface area contributed by atoms with Crippen molar-refractivity contribution in [3.63, 3.8) is 0 Å². The summed E-state index contributed by atoms with van der Waals surface area (Å²) in [7, 11) is 0. The molecule has 22 heavy (non-hydrogen) atoms. The van der Waals surface area contributed by atoms with Crippen LogP contribution in [0.2, 0.25) is 0 Å². The Balaban J connectivity index is 1.46. The van der Waals surface area contributed by atoms with E-state index in [1.165, 1.54) is 5.56 Å². The van der Waals surface area contributed by atoms with Crippen LogP contribution in [0, 0.1) is 0 Å². The van der Waals surface area contributed by atoms with Crippen molar-refractivity contribution in [2.45, 2.75) is 25.4 Å². The summed E-state index contributed by atoms with van der Waals surface area (Å²) in [5.41, 5.74) is 1.21. The normalized spacial score (nSPS) is 17.5. The van der Waals surface area contributed by atoms with Crippen LogP contribution in [0.1, 0.15) is 18.4 Å². The summed E-state index contributed by atoms with van der Waals surface area (Å²) in [6.45, 7) is 1.46. The Hall–Kier alpha value is -2.36. The molecular formula is C18H20N2O2. The number of carbonyl (C=O) groups is 1. The van der Waals surface area contributed by atoms with Gasteiger partial charge in [-0.25, -0.2) is 0 Å². The van der Waals surface area contributed by atoms with Gasteiger partial charge in [0.2, 0.25) is 5.91 Å². The molecule has 1 aromatic carbocycles. The molecule has 4 heteroatoms. The fraction of sp³-hybridized carbons (Fsp3) is 0.333. The first-order valence-corrected chi connectivity index (χ1v) is 7.69. The summed E-state index contributed by atoms with van der Waals surface area (Å²) >= 11 is 0. The van der Waals surface area contributed by atoms with Crippen molar-refractivity contribution in [1.82, 2.24) is 9.88 Å². The first kappa shape index (κ1) is 14.6. The third kappa shape index (κ3) is 3.85. The molecule has 2 aromatic rings. The average Bonchev–Trinajstić information content (AvgIpc) is 3.03. The maximum absolute atomic E-state index is 12.3. The number of pyridine rings is 1. The molecule has 4 nitrogen and oxygen atoms in total. The fourth-order valence-corrected chi connectivity index (χ4v) is 2.71. The highest BCUT2D eigenvalue weighted by atomic mass is 16.5. The lowest BCUT2D eigenvalue weighted by atomic mass is 10.1. The van der Waals surface area contributed by atoms with Gasteiger partial charge in [0.05, 0.1) is 6.54 Å². The molecule has 0 saturated carbocycles. The molecule has 0 N–H and O–H groups in total. The summed E-state index contributed by atoms with van der Waals surface area (Å²) in [6, 6.07) is 13.8. The molecule has 0 radical (unpaired) electrons. The van der Waals surface area contributed by atoms with Crippen molar-refractivity contribution in [1.29, 1.82) is 0 Å². The molecule has 0 bridgehead atoms. The summed E-state index contributed by atoms with van der Waals surface area (Å²) < 4.78 is 5.88. The second-order valence-electron chi connectivity index (χ2n) is 5.54. The van der Waals surface area contributed by atoms with Gasteiger partial charge in [-0.1, -0.05) is 30.3 Å². The third-order valence-electron chi connectivity index (χ3n) is 3.92. The molecule has 1 aliphatic rings. The van der Waals surface area contributed by atoms with Crippen LogP contribution in [0.15, 0.2) is 54.9 Å². The Labute approximate surface area is 130 Å². The largest absolute Gasteiger partial charge is 0.488 e. The molecule has 3 rings (SSSR count). The summed E-state index contributed by atoms with van der Waals surface area (Å²) in [6.07, 6.45) is 5.76. The van der Waals surface area contributed by atoms with Crippen LogP contribution in [0.5, 0.6) is 5.75 Å². The second kappa shape index (κ2) is 7.07. The maximum atomic E-state index is 12.3. The minimum absolute atomic E-state index is 0.0862. The SMILES string of the molecule is O=C(CCc1ccccc1)N1CC[C@@H](Oc2ccncc2)C1. The molecular weight excluding hydrogens is 276 g/mol. The summed E-state index contributed by atoms with van der Waals surface area (Å²) in [5, 5.41) is 0. The lowest BCUT2D eigenvalue weighted by molar-refractivity contribution is -0.130. The van der Waals surface area contributed by atoms with Crippen molar-refractivity contribution < 1.29 is 9.53 Å². The minimum Gasteiger partial charge on any atom is -0.488 e. The number of rotatable bonds is 5. The number of carbonyl (C=O) groups excluding carboxylic acids is 1. The third-order valence-corrected chi connectivity index (χ3v) is 3.92. The molecule has 0 aliphatic carbocycles. The van der Waals surface area contributed by atoms with Crippen molar-refractivity contribution in [2.24, 2.45) is 0 Å². The van der Waals surface area contributed by atoms with Crippen LogP contribution in [-0.2, 0) is 11.2 Å². The van der Waals surface area contributed by atoms with Crippen LogP contribution in [-0.4, -0.2) is 35.0 Å². The Kier molecular flexibility index (Phi) is 4.68. The van der Waals surface area contributed by atoms with Gasteiger partial charge in [-0.2, -0.15) is 0 Å². The van der Waals surface area contributed by atoms with Gasteiger partial charge in [-0.3, -0.25) is 9.78 Å². The Morgan fingerprint density at radius 3 is 2.73 bits per heavy atom. The zero-order valence-corrected chi connectivity index (χ0v) is 12.5. The zero-order chi connectivity index (χ0) is 15.2. The zero-order valence-electron chi connectivity index (χ0n) is 12.5. The standard InChI is InChI=1S/C18H20N2O2/c21-18(7-6-15-4-2-1-3-5-15)20-13-10-17(14-20)22-16-8-11-19-12-9-16/h1-5,8-9,11-12,17H,6-7,10,13-14H2/t17-/m1/s1. The van der Waals surface area contributed by atoms with Crippen molar-refractivity contribution in [3.8, 4) is 5.75 Å². The minimum atomic E-state index is 0.0862. The molecule has 2 heterocycles. The van der Waals surface area contributed by atoms with E-state index in [1.54, 1.807) is 12.4 Å². The van der Waals surface area contributed by atoms with Crippen molar-refractivity contribution in [2.75, 3.05) is 13.1 Å². The van der Waals surface area contributed by atoms with Gasteiger partial charge < -0.3 is 9.64 Å². The number of hydrogen-bond acceptors (Lipinski definition) is 3. The first-order valence-electron chi connectivity index (χ1n) is 7.69. The van der Waals surface area contributed by atoms with Crippen LogP contribution in [0.3, 0.4) is 0 Å². The van der Waals surface area contributed by atoms with Gasteiger partial charge >= 0.3 is 0 Å². The number of aromatic nitrogens is 1. The number of hydrogen-bond donors (Lipinski definition) is 0. The highest BCUT2D eigenvalue weighted by Gasteiger charge is 2.27. The number of aryl methyl sites for hydroxylation is 1. The molecule has 1 aliphatic heterocycles. The van der Waals surface area contributed by atoms with E-state index in [-0.39, 0.29) is 12.0 Å². The average molecular weight is 296 g/mol. The van der Waals surface area contributed by atoms with E-state index in [0.717, 1.165) is 25.1 Å². The highest BCUT2D eigenvalue weighted by Crippen LogP contribution is 2.18. The van der Waals surface area contributed by atoms with Crippen LogP contribution >= 0.6 is 0 Å². The molecule has 1 fully saturated rings. The van der Waals surface area contributed by atoms with Crippen molar-refractivity contribution in [3.05, 3.63) is 60.4 Å². The Bertz CT molecular complexity index is 601. The molecule has 1 aromatic heterocycles. The second-order valence-corrected chi connectivity index (χ2v) is 5.54. The number of amides is 1. The summed E-state index contributed by atoms with van der Waals surface area (Å²) in [4.78, 5) is 18.2. The first-order chi connectivity index (χ1) is 10.8.